The Morgan fingerprint density at radius 2 is 1.38 bits per heavy atom. The Morgan fingerprint density at radius 1 is 0.800 bits per heavy atom. The molecule has 4 aromatic carbocycles. The molecule has 0 aliphatic heterocycles. The van der Waals surface area contributed by atoms with Crippen molar-refractivity contribution in [2.75, 3.05) is 10.8 Å². The third-order valence-corrected chi connectivity index (χ3v) is 9.79. The molecule has 0 spiro atoms. The van der Waals surface area contributed by atoms with Crippen molar-refractivity contribution in [2.24, 2.45) is 0 Å². The average Bonchev–Trinajstić information content (AvgIpc) is 3.03. The molecular formula is C36H40ClN3O4S. The first-order valence-electron chi connectivity index (χ1n) is 15.0. The molecule has 0 heterocycles. The van der Waals surface area contributed by atoms with Crippen molar-refractivity contribution in [1.82, 2.24) is 10.2 Å². The van der Waals surface area contributed by atoms with E-state index in [1.807, 2.05) is 82.3 Å². The first-order chi connectivity index (χ1) is 21.5. The maximum atomic E-state index is 14.5. The second-order valence-corrected chi connectivity index (χ2v) is 13.6. The lowest BCUT2D eigenvalue weighted by molar-refractivity contribution is -0.140. The molecule has 45 heavy (non-hydrogen) atoms. The van der Waals surface area contributed by atoms with E-state index in [1.165, 1.54) is 17.0 Å². The van der Waals surface area contributed by atoms with Crippen molar-refractivity contribution in [3.05, 3.63) is 130 Å². The highest BCUT2D eigenvalue weighted by Crippen LogP contribution is 2.27. The van der Waals surface area contributed by atoms with Crippen molar-refractivity contribution in [2.45, 2.75) is 64.1 Å². The molecule has 4 rings (SSSR count). The monoisotopic (exact) mass is 645 g/mol. The summed E-state index contributed by atoms with van der Waals surface area (Å²) in [6.45, 7) is 7.34. The molecule has 0 aromatic heterocycles. The molecule has 236 valence electrons. The van der Waals surface area contributed by atoms with Crippen LogP contribution in [-0.4, -0.2) is 43.8 Å². The summed E-state index contributed by atoms with van der Waals surface area (Å²) in [4.78, 5) is 30.0. The van der Waals surface area contributed by atoms with Crippen LogP contribution in [0.2, 0.25) is 5.02 Å². The van der Waals surface area contributed by atoms with Crippen LogP contribution < -0.4 is 9.62 Å². The Hall–Kier alpha value is -4.14. The number of carbonyl (C=O) groups excluding carboxylic acids is 2. The maximum absolute atomic E-state index is 14.5. The van der Waals surface area contributed by atoms with Gasteiger partial charge in [0.1, 0.15) is 12.6 Å². The molecule has 0 aliphatic rings. The van der Waals surface area contributed by atoms with Crippen molar-refractivity contribution < 1.29 is 18.0 Å². The molecule has 7 nitrogen and oxygen atoms in total. The molecule has 0 unspecified atom stereocenters. The molecule has 2 atom stereocenters. The molecule has 0 aliphatic carbocycles. The Morgan fingerprint density at radius 3 is 1.96 bits per heavy atom. The molecule has 0 saturated carbocycles. The van der Waals surface area contributed by atoms with E-state index in [-0.39, 0.29) is 35.5 Å². The Bertz CT molecular complexity index is 1680. The minimum Gasteiger partial charge on any atom is -0.352 e. The van der Waals surface area contributed by atoms with Crippen LogP contribution in [0, 0.1) is 13.8 Å². The smallest absolute Gasteiger partial charge is 0.264 e. The van der Waals surface area contributed by atoms with Gasteiger partial charge in [0.15, 0.2) is 0 Å². The number of amides is 2. The van der Waals surface area contributed by atoms with Crippen molar-refractivity contribution in [3.63, 3.8) is 0 Å². The van der Waals surface area contributed by atoms with Gasteiger partial charge in [-0.15, -0.1) is 0 Å². The number of halogens is 1. The zero-order chi connectivity index (χ0) is 32.6. The third kappa shape index (κ3) is 8.96. The Labute approximate surface area is 271 Å². The summed E-state index contributed by atoms with van der Waals surface area (Å²) in [6, 6.07) is 29.0. The highest BCUT2D eigenvalue weighted by molar-refractivity contribution is 7.92. The molecule has 0 fully saturated rings. The first-order valence-corrected chi connectivity index (χ1v) is 16.8. The van der Waals surface area contributed by atoms with Crippen LogP contribution in [0.5, 0.6) is 0 Å². The number of nitrogens with one attached hydrogen (secondary N) is 1. The van der Waals surface area contributed by atoms with Gasteiger partial charge in [-0.1, -0.05) is 96.4 Å². The van der Waals surface area contributed by atoms with E-state index >= 15 is 0 Å². The van der Waals surface area contributed by atoms with Crippen LogP contribution in [0.3, 0.4) is 0 Å². The molecule has 0 radical (unpaired) electrons. The van der Waals surface area contributed by atoms with E-state index in [0.717, 1.165) is 33.0 Å². The van der Waals surface area contributed by atoms with Gasteiger partial charge in [-0.3, -0.25) is 13.9 Å². The van der Waals surface area contributed by atoms with Crippen molar-refractivity contribution >= 4 is 39.1 Å². The summed E-state index contributed by atoms with van der Waals surface area (Å²) in [5.41, 5.74) is 3.95. The minimum absolute atomic E-state index is 0.0521. The second-order valence-electron chi connectivity index (χ2n) is 11.3. The normalized spacial score (nSPS) is 12.6. The van der Waals surface area contributed by atoms with Crippen LogP contribution in [0.4, 0.5) is 5.69 Å². The number of benzene rings is 4. The number of anilines is 1. The molecule has 2 amide bonds. The summed E-state index contributed by atoms with van der Waals surface area (Å²) >= 11 is 6.14. The number of aryl methyl sites for hydroxylation is 2. The number of hydrogen-bond donors (Lipinski definition) is 1. The first kappa shape index (κ1) is 33.7. The fourth-order valence-corrected chi connectivity index (χ4v) is 6.40. The number of rotatable bonds is 13. The van der Waals surface area contributed by atoms with E-state index in [2.05, 4.69) is 5.32 Å². The molecule has 0 saturated heterocycles. The quantitative estimate of drug-likeness (QED) is 0.175. The average molecular weight is 646 g/mol. The van der Waals surface area contributed by atoms with Crippen LogP contribution >= 0.6 is 11.6 Å². The highest BCUT2D eigenvalue weighted by Gasteiger charge is 2.35. The van der Waals surface area contributed by atoms with Gasteiger partial charge in [-0.05, 0) is 74.7 Å². The fourth-order valence-electron chi connectivity index (χ4n) is 4.86. The molecule has 4 aromatic rings. The van der Waals surface area contributed by atoms with Crippen LogP contribution in [0.1, 0.15) is 42.5 Å². The topological polar surface area (TPSA) is 86.8 Å². The van der Waals surface area contributed by atoms with Gasteiger partial charge in [-0.2, -0.15) is 0 Å². The zero-order valence-corrected chi connectivity index (χ0v) is 27.7. The maximum Gasteiger partial charge on any atom is 0.264 e. The number of carbonyl (C=O) groups is 2. The highest BCUT2D eigenvalue weighted by atomic mass is 35.5. The van der Waals surface area contributed by atoms with E-state index < -0.39 is 28.5 Å². The lowest BCUT2D eigenvalue weighted by atomic mass is 10.0. The third-order valence-electron chi connectivity index (χ3n) is 7.75. The van der Waals surface area contributed by atoms with Gasteiger partial charge in [0.05, 0.1) is 10.6 Å². The summed E-state index contributed by atoms with van der Waals surface area (Å²) in [7, 11) is -4.18. The standard InChI is InChI=1S/C36H40ClN3O4S/c1-5-28(4)38-36(42)34(23-29-9-7-6-8-10-29)39(24-30-15-11-26(2)12-16-30)35(41)25-40(32-19-17-31(37)18-20-32)45(43,44)33-21-13-27(3)14-22-33/h6-22,28,34H,5,23-25H2,1-4H3,(H,38,42)/t28-,34+/m1/s1. The van der Waals surface area contributed by atoms with Crippen LogP contribution in [0.25, 0.3) is 0 Å². The Kier molecular flexibility index (Phi) is 11.4. The van der Waals surface area contributed by atoms with E-state index in [0.29, 0.717) is 5.02 Å². The van der Waals surface area contributed by atoms with Crippen LogP contribution in [0.15, 0.2) is 108 Å². The van der Waals surface area contributed by atoms with Gasteiger partial charge in [0, 0.05) is 24.0 Å². The largest absolute Gasteiger partial charge is 0.352 e. The van der Waals surface area contributed by atoms with Gasteiger partial charge in [0.25, 0.3) is 10.0 Å². The van der Waals surface area contributed by atoms with E-state index in [1.54, 1.807) is 36.4 Å². The SMILES string of the molecule is CC[C@@H](C)NC(=O)[C@H](Cc1ccccc1)N(Cc1ccc(C)cc1)C(=O)CN(c1ccc(Cl)cc1)S(=O)(=O)c1ccc(C)cc1. The molecule has 0 bridgehead atoms. The van der Waals surface area contributed by atoms with Gasteiger partial charge >= 0.3 is 0 Å². The van der Waals surface area contributed by atoms with Gasteiger partial charge < -0.3 is 10.2 Å². The summed E-state index contributed by atoms with van der Waals surface area (Å²) < 4.78 is 29.3. The van der Waals surface area contributed by atoms with E-state index in [9.17, 15) is 18.0 Å². The molecule has 9 heteroatoms. The number of sulfonamides is 1. The van der Waals surface area contributed by atoms with Crippen molar-refractivity contribution in [3.8, 4) is 0 Å². The number of nitrogens with zero attached hydrogens (tertiary/aromatic N) is 2. The Balaban J connectivity index is 1.80. The summed E-state index contributed by atoms with van der Waals surface area (Å²) in [6.07, 6.45) is 0.973. The molecular weight excluding hydrogens is 606 g/mol. The molecule has 1 N–H and O–H groups in total. The summed E-state index contributed by atoms with van der Waals surface area (Å²) in [5.74, 6) is -0.811. The lowest BCUT2D eigenvalue weighted by Crippen LogP contribution is -2.54. The van der Waals surface area contributed by atoms with Gasteiger partial charge in [0.2, 0.25) is 11.8 Å². The number of hydrogen-bond acceptors (Lipinski definition) is 4. The predicted molar refractivity (Wildman–Crippen MR) is 181 cm³/mol. The van der Waals surface area contributed by atoms with Crippen molar-refractivity contribution in [1.29, 1.82) is 0 Å². The zero-order valence-electron chi connectivity index (χ0n) is 26.1. The van der Waals surface area contributed by atoms with E-state index in [4.69, 9.17) is 11.6 Å². The lowest BCUT2D eigenvalue weighted by Gasteiger charge is -2.34. The fraction of sp³-hybridized carbons (Fsp3) is 0.278. The second kappa shape index (κ2) is 15.2. The van der Waals surface area contributed by atoms with Crippen LogP contribution in [-0.2, 0) is 32.6 Å². The minimum atomic E-state index is -4.18. The summed E-state index contributed by atoms with van der Waals surface area (Å²) in [5, 5.41) is 3.49. The predicted octanol–water partition coefficient (Wildman–Crippen LogP) is 6.71. The van der Waals surface area contributed by atoms with Gasteiger partial charge in [-0.25, -0.2) is 8.42 Å².